The fourth-order valence-corrected chi connectivity index (χ4v) is 2.53. The molecule has 0 unspecified atom stereocenters. The first kappa shape index (κ1) is 19.3. The van der Waals surface area contributed by atoms with Gasteiger partial charge in [0.2, 0.25) is 5.91 Å². The number of hydrogen-bond acceptors (Lipinski definition) is 3. The minimum absolute atomic E-state index is 0.155. The van der Waals surface area contributed by atoms with Crippen LogP contribution in [0.1, 0.15) is 30.9 Å². The van der Waals surface area contributed by atoms with Crippen LogP contribution in [-0.2, 0) is 4.79 Å². The molecule has 0 aliphatic rings. The predicted octanol–water partition coefficient (Wildman–Crippen LogP) is 5.00. The zero-order valence-electron chi connectivity index (χ0n) is 14.2. The average Bonchev–Trinajstić information content (AvgIpc) is 2.58. The van der Waals surface area contributed by atoms with Gasteiger partial charge in [-0.2, -0.15) is 5.10 Å². The van der Waals surface area contributed by atoms with Gasteiger partial charge >= 0.3 is 0 Å². The molecule has 6 heteroatoms. The largest absolute Gasteiger partial charge is 0.492 e. The van der Waals surface area contributed by atoms with E-state index < -0.39 is 0 Å². The molecule has 0 aromatic heterocycles. The second kappa shape index (κ2) is 9.44. The fraction of sp³-hybridized carbons (Fsp3) is 0.263. The van der Waals surface area contributed by atoms with Crippen LogP contribution in [0, 0.1) is 6.92 Å². The molecule has 4 nitrogen and oxygen atoms in total. The summed E-state index contributed by atoms with van der Waals surface area (Å²) in [5, 5.41) is 5.13. The van der Waals surface area contributed by atoms with Gasteiger partial charge in [0.25, 0.3) is 0 Å². The number of rotatable bonds is 7. The lowest BCUT2D eigenvalue weighted by molar-refractivity contribution is -0.121. The van der Waals surface area contributed by atoms with Crippen molar-refractivity contribution in [1.82, 2.24) is 5.43 Å². The molecule has 0 bridgehead atoms. The van der Waals surface area contributed by atoms with E-state index in [9.17, 15) is 4.79 Å². The molecule has 132 valence electrons. The van der Waals surface area contributed by atoms with E-state index >= 15 is 0 Å². The molecule has 0 saturated heterocycles. The van der Waals surface area contributed by atoms with Gasteiger partial charge in [-0.25, -0.2) is 5.43 Å². The van der Waals surface area contributed by atoms with Crippen molar-refractivity contribution < 1.29 is 9.53 Å². The first-order valence-electron chi connectivity index (χ1n) is 7.94. The lowest BCUT2D eigenvalue weighted by Gasteiger charge is -2.08. The molecular weight excluding hydrogens is 359 g/mol. The Kier molecular flexibility index (Phi) is 7.29. The van der Waals surface area contributed by atoms with Crippen LogP contribution in [0.4, 0.5) is 0 Å². The van der Waals surface area contributed by atoms with E-state index in [0.29, 0.717) is 35.2 Å². The fourth-order valence-electron chi connectivity index (χ4n) is 2.07. The van der Waals surface area contributed by atoms with Crippen LogP contribution in [0.25, 0.3) is 0 Å². The van der Waals surface area contributed by atoms with Crippen LogP contribution >= 0.6 is 23.2 Å². The monoisotopic (exact) mass is 378 g/mol. The van der Waals surface area contributed by atoms with E-state index in [1.165, 1.54) is 5.56 Å². The second-order valence-corrected chi connectivity index (χ2v) is 6.47. The van der Waals surface area contributed by atoms with Crippen molar-refractivity contribution in [3.63, 3.8) is 0 Å². The Morgan fingerprint density at radius 3 is 2.56 bits per heavy atom. The molecule has 0 saturated carbocycles. The Labute approximate surface area is 157 Å². The van der Waals surface area contributed by atoms with E-state index in [2.05, 4.69) is 10.5 Å². The summed E-state index contributed by atoms with van der Waals surface area (Å²) in [5.41, 5.74) is 5.48. The van der Waals surface area contributed by atoms with Crippen molar-refractivity contribution in [2.24, 2.45) is 5.10 Å². The quantitative estimate of drug-likeness (QED) is 0.418. The van der Waals surface area contributed by atoms with Crippen molar-refractivity contribution in [2.75, 3.05) is 6.61 Å². The summed E-state index contributed by atoms with van der Waals surface area (Å²) in [7, 11) is 0. The number of hydrazone groups is 1. The summed E-state index contributed by atoms with van der Waals surface area (Å²) in [5.74, 6) is 0.400. The Morgan fingerprint density at radius 1 is 1.16 bits per heavy atom. The number of amides is 1. The lowest BCUT2D eigenvalue weighted by atomic mass is 10.1. The molecule has 25 heavy (non-hydrogen) atoms. The van der Waals surface area contributed by atoms with Crippen LogP contribution in [0.5, 0.6) is 5.75 Å². The van der Waals surface area contributed by atoms with E-state index in [-0.39, 0.29) is 5.91 Å². The Balaban J connectivity index is 1.73. The molecule has 0 radical (unpaired) electrons. The summed E-state index contributed by atoms with van der Waals surface area (Å²) in [6.07, 6.45) is 0.875. The number of carbonyl (C=O) groups is 1. The minimum Gasteiger partial charge on any atom is -0.492 e. The molecule has 2 aromatic carbocycles. The third-order valence-corrected chi connectivity index (χ3v) is 4.05. The zero-order chi connectivity index (χ0) is 18.2. The number of hydrogen-bond donors (Lipinski definition) is 1. The number of ether oxygens (including phenoxy) is 1. The number of benzene rings is 2. The van der Waals surface area contributed by atoms with E-state index in [0.717, 1.165) is 11.3 Å². The van der Waals surface area contributed by atoms with Crippen molar-refractivity contribution in [3.05, 3.63) is 63.6 Å². The summed E-state index contributed by atoms with van der Waals surface area (Å²) in [4.78, 5) is 11.8. The van der Waals surface area contributed by atoms with Crippen LogP contribution in [0.3, 0.4) is 0 Å². The molecule has 2 aromatic rings. The lowest BCUT2D eigenvalue weighted by Crippen LogP contribution is -2.19. The third kappa shape index (κ3) is 6.40. The van der Waals surface area contributed by atoms with Crippen molar-refractivity contribution in [1.29, 1.82) is 0 Å². The molecular formula is C19H20Cl2N2O2. The third-order valence-electron chi connectivity index (χ3n) is 3.52. The van der Waals surface area contributed by atoms with Crippen molar-refractivity contribution in [3.8, 4) is 5.75 Å². The maximum atomic E-state index is 11.8. The van der Waals surface area contributed by atoms with Crippen molar-refractivity contribution >= 4 is 34.8 Å². The molecule has 0 spiro atoms. The summed E-state index contributed by atoms with van der Waals surface area (Å²) in [6, 6.07) is 13.0. The van der Waals surface area contributed by atoms with Crippen LogP contribution in [0.15, 0.2) is 47.6 Å². The van der Waals surface area contributed by atoms with Gasteiger partial charge in [-0.15, -0.1) is 0 Å². The average molecular weight is 379 g/mol. The van der Waals surface area contributed by atoms with Gasteiger partial charge in [0.1, 0.15) is 5.75 Å². The summed E-state index contributed by atoms with van der Waals surface area (Å²) in [6.45, 7) is 4.27. The first-order valence-corrected chi connectivity index (χ1v) is 8.69. The summed E-state index contributed by atoms with van der Waals surface area (Å²) < 4.78 is 5.54. The van der Waals surface area contributed by atoms with Gasteiger partial charge in [-0.1, -0.05) is 53.0 Å². The second-order valence-electron chi connectivity index (χ2n) is 5.62. The standard InChI is InChI=1S/C19H20Cl2N2O2/c1-13-5-7-15(8-6-13)14(2)22-23-19(24)4-3-11-25-18-10-9-16(20)12-17(18)21/h5-10,12H,3-4,11H2,1-2H3,(H,23,24)/b22-14+. The van der Waals surface area contributed by atoms with E-state index in [1.54, 1.807) is 18.2 Å². The smallest absolute Gasteiger partial charge is 0.240 e. The van der Waals surface area contributed by atoms with Crippen LogP contribution in [-0.4, -0.2) is 18.2 Å². The Bertz CT molecular complexity index is 759. The molecule has 0 aliphatic carbocycles. The van der Waals surface area contributed by atoms with Crippen LogP contribution in [0.2, 0.25) is 10.0 Å². The Hall–Kier alpha value is -2.04. The van der Waals surface area contributed by atoms with Gasteiger partial charge in [-0.05, 0) is 44.0 Å². The van der Waals surface area contributed by atoms with Crippen LogP contribution < -0.4 is 10.2 Å². The molecule has 1 amide bonds. The maximum absolute atomic E-state index is 11.8. The molecule has 0 aliphatic heterocycles. The van der Waals surface area contributed by atoms with Gasteiger partial charge in [0.15, 0.2) is 0 Å². The topological polar surface area (TPSA) is 50.7 Å². The van der Waals surface area contributed by atoms with E-state index in [4.69, 9.17) is 27.9 Å². The highest BCUT2D eigenvalue weighted by Crippen LogP contribution is 2.27. The highest BCUT2D eigenvalue weighted by Gasteiger charge is 2.04. The van der Waals surface area contributed by atoms with Gasteiger partial charge in [0.05, 0.1) is 17.3 Å². The van der Waals surface area contributed by atoms with Gasteiger partial charge in [0, 0.05) is 11.4 Å². The number of nitrogens with one attached hydrogen (secondary N) is 1. The number of halogens is 2. The Morgan fingerprint density at radius 2 is 1.88 bits per heavy atom. The first-order chi connectivity index (χ1) is 12.0. The highest BCUT2D eigenvalue weighted by atomic mass is 35.5. The predicted molar refractivity (Wildman–Crippen MR) is 103 cm³/mol. The number of nitrogens with zero attached hydrogens (tertiary/aromatic N) is 1. The number of carbonyl (C=O) groups excluding carboxylic acids is 1. The molecule has 1 N–H and O–H groups in total. The molecule has 0 fully saturated rings. The molecule has 0 heterocycles. The maximum Gasteiger partial charge on any atom is 0.240 e. The van der Waals surface area contributed by atoms with Crippen molar-refractivity contribution in [2.45, 2.75) is 26.7 Å². The SMILES string of the molecule is C/C(=N\NC(=O)CCCOc1ccc(Cl)cc1Cl)c1ccc(C)cc1. The van der Waals surface area contributed by atoms with E-state index in [1.807, 2.05) is 38.1 Å². The zero-order valence-corrected chi connectivity index (χ0v) is 15.7. The van der Waals surface area contributed by atoms with Gasteiger partial charge in [-0.3, -0.25) is 4.79 Å². The molecule has 0 atom stereocenters. The van der Waals surface area contributed by atoms with Gasteiger partial charge < -0.3 is 4.74 Å². The minimum atomic E-state index is -0.155. The normalized spacial score (nSPS) is 11.3. The highest BCUT2D eigenvalue weighted by molar-refractivity contribution is 6.35. The summed E-state index contributed by atoms with van der Waals surface area (Å²) >= 11 is 11.8. The number of aryl methyl sites for hydroxylation is 1. The molecule has 2 rings (SSSR count).